The zero-order valence-electron chi connectivity index (χ0n) is 22.5. The van der Waals surface area contributed by atoms with Crippen LogP contribution in [0.25, 0.3) is 5.69 Å². The molecule has 0 radical (unpaired) electrons. The van der Waals surface area contributed by atoms with Gasteiger partial charge in [-0.3, -0.25) is 14.5 Å². The second-order valence-electron chi connectivity index (χ2n) is 11.2. The molecule has 1 aromatic heterocycles. The third-order valence-electron chi connectivity index (χ3n) is 8.84. The van der Waals surface area contributed by atoms with Crippen LogP contribution in [0.3, 0.4) is 0 Å². The summed E-state index contributed by atoms with van der Waals surface area (Å²) >= 11 is 0. The number of likely N-dealkylation sites (N-methyl/N-ethyl adjacent to an activating group) is 1. The summed E-state index contributed by atoms with van der Waals surface area (Å²) in [7, 11) is 1.84. The lowest BCUT2D eigenvalue weighted by atomic mass is 9.82. The number of carbonyl (C=O) groups excluding carboxylic acids is 2. The van der Waals surface area contributed by atoms with Crippen LogP contribution < -0.4 is 5.32 Å². The number of hydrogen-bond acceptors (Lipinski definition) is 4. The van der Waals surface area contributed by atoms with Crippen molar-refractivity contribution < 1.29 is 9.59 Å². The fraction of sp³-hybridized carbons (Fsp3) is 0.621. The lowest BCUT2D eigenvalue weighted by Crippen LogP contribution is -2.65. The first-order chi connectivity index (χ1) is 17.4. The van der Waals surface area contributed by atoms with Crippen LogP contribution >= 0.6 is 12.4 Å². The van der Waals surface area contributed by atoms with E-state index in [-0.39, 0.29) is 42.2 Å². The number of rotatable bonds is 6. The molecule has 1 aromatic carbocycles. The van der Waals surface area contributed by atoms with Crippen LogP contribution in [-0.4, -0.2) is 63.6 Å². The van der Waals surface area contributed by atoms with Crippen LogP contribution in [0.2, 0.25) is 0 Å². The van der Waals surface area contributed by atoms with Gasteiger partial charge in [0, 0.05) is 24.8 Å². The summed E-state index contributed by atoms with van der Waals surface area (Å²) in [5, 5.41) is 7.92. The second-order valence-corrected chi connectivity index (χ2v) is 11.2. The van der Waals surface area contributed by atoms with E-state index < -0.39 is 0 Å². The largest absolute Gasteiger partial charge is 0.342 e. The third-order valence-corrected chi connectivity index (χ3v) is 8.84. The van der Waals surface area contributed by atoms with Gasteiger partial charge in [0.15, 0.2) is 0 Å². The van der Waals surface area contributed by atoms with Gasteiger partial charge in [0.25, 0.3) is 0 Å². The minimum Gasteiger partial charge on any atom is -0.342 e. The van der Waals surface area contributed by atoms with Gasteiger partial charge < -0.3 is 10.2 Å². The van der Waals surface area contributed by atoms with Crippen molar-refractivity contribution in [2.75, 3.05) is 20.1 Å². The average molecular weight is 528 g/mol. The molecule has 8 heteroatoms. The topological polar surface area (TPSA) is 70.5 Å². The first kappa shape index (κ1) is 27.6. The molecular formula is C29H42ClN5O2. The summed E-state index contributed by atoms with van der Waals surface area (Å²) in [5.74, 6) is 0.929. The van der Waals surface area contributed by atoms with Gasteiger partial charge in [0.2, 0.25) is 11.8 Å². The van der Waals surface area contributed by atoms with E-state index in [1.54, 1.807) is 4.90 Å². The first-order valence-corrected chi connectivity index (χ1v) is 13.8. The summed E-state index contributed by atoms with van der Waals surface area (Å²) in [6, 6.07) is 9.59. The maximum atomic E-state index is 13.2. The number of piperidine rings is 1. The molecule has 3 aliphatic rings. The van der Waals surface area contributed by atoms with E-state index >= 15 is 0 Å². The van der Waals surface area contributed by atoms with Crippen molar-refractivity contribution >= 4 is 24.2 Å². The molecule has 0 bridgehead atoms. The fourth-order valence-electron chi connectivity index (χ4n) is 6.70. The molecule has 1 aliphatic carbocycles. The van der Waals surface area contributed by atoms with E-state index in [0.29, 0.717) is 5.92 Å². The van der Waals surface area contributed by atoms with Gasteiger partial charge in [-0.25, -0.2) is 4.68 Å². The van der Waals surface area contributed by atoms with Crippen molar-refractivity contribution in [3.63, 3.8) is 0 Å². The van der Waals surface area contributed by atoms with Gasteiger partial charge in [0.1, 0.15) is 12.1 Å². The Kier molecular flexibility index (Phi) is 8.96. The molecule has 2 saturated heterocycles. The van der Waals surface area contributed by atoms with Crippen molar-refractivity contribution in [3.8, 4) is 5.69 Å². The standard InChI is InChI=1S/C29H41N5O2.ClH/c1-20-25(21(2)34(31-20)24-12-8-5-9-13-24)19-33-16-14-23(15-17-33)27-28(35)30-26(29(36)32(27)3)18-22-10-6-4-7-11-22;/h5,8-9,12-13,22-23,26-27H,4,6-7,10-11,14-19H2,1-3H3,(H,30,35);1H/t26-,27?;/m0./s1. The van der Waals surface area contributed by atoms with Gasteiger partial charge in [-0.05, 0) is 70.2 Å². The van der Waals surface area contributed by atoms with Gasteiger partial charge in [-0.2, -0.15) is 5.10 Å². The Hall–Kier alpha value is -2.38. The SMILES string of the molecule is Cc1nn(-c2ccccc2)c(C)c1CN1CCC(C2C(=O)N[C@@H](CC3CCCCC3)C(=O)N2C)CC1.Cl. The molecule has 0 spiro atoms. The summed E-state index contributed by atoms with van der Waals surface area (Å²) in [6.45, 7) is 6.96. The molecule has 2 amide bonds. The van der Waals surface area contributed by atoms with E-state index in [0.717, 1.165) is 50.3 Å². The number of aryl methyl sites for hydroxylation is 1. The van der Waals surface area contributed by atoms with Crippen molar-refractivity contribution in [3.05, 3.63) is 47.3 Å². The summed E-state index contributed by atoms with van der Waals surface area (Å²) in [6.07, 6.45) is 8.84. The molecule has 37 heavy (non-hydrogen) atoms. The van der Waals surface area contributed by atoms with Gasteiger partial charge in [-0.1, -0.05) is 50.3 Å². The Balaban J connectivity index is 0.00000320. The van der Waals surface area contributed by atoms with Crippen LogP contribution in [0.15, 0.2) is 30.3 Å². The van der Waals surface area contributed by atoms with Crippen LogP contribution in [0.4, 0.5) is 0 Å². The predicted molar refractivity (Wildman–Crippen MR) is 148 cm³/mol. The van der Waals surface area contributed by atoms with Gasteiger partial charge in [0.05, 0.1) is 11.4 Å². The predicted octanol–water partition coefficient (Wildman–Crippen LogP) is 4.42. The van der Waals surface area contributed by atoms with Crippen LogP contribution in [-0.2, 0) is 16.1 Å². The Labute approximate surface area is 227 Å². The molecule has 2 aliphatic heterocycles. The minimum absolute atomic E-state index is 0. The van der Waals surface area contributed by atoms with Crippen LogP contribution in [0.5, 0.6) is 0 Å². The normalized spacial score (nSPS) is 24.1. The number of nitrogens with one attached hydrogen (secondary N) is 1. The molecule has 5 rings (SSSR count). The van der Waals surface area contributed by atoms with Crippen molar-refractivity contribution in [2.45, 2.75) is 83.8 Å². The summed E-state index contributed by atoms with van der Waals surface area (Å²) < 4.78 is 2.04. The molecule has 1 unspecified atom stereocenters. The van der Waals surface area contributed by atoms with E-state index in [9.17, 15) is 9.59 Å². The third kappa shape index (κ3) is 5.88. The van der Waals surface area contributed by atoms with E-state index in [4.69, 9.17) is 5.10 Å². The highest BCUT2D eigenvalue weighted by Gasteiger charge is 2.43. The quantitative estimate of drug-likeness (QED) is 0.603. The summed E-state index contributed by atoms with van der Waals surface area (Å²) in [4.78, 5) is 30.6. The smallest absolute Gasteiger partial charge is 0.245 e. The van der Waals surface area contributed by atoms with Gasteiger partial charge in [-0.15, -0.1) is 12.4 Å². The zero-order valence-corrected chi connectivity index (χ0v) is 23.3. The molecule has 1 N–H and O–H groups in total. The number of amides is 2. The first-order valence-electron chi connectivity index (χ1n) is 13.8. The van der Waals surface area contributed by atoms with Crippen LogP contribution in [0.1, 0.15) is 68.3 Å². The number of carbonyl (C=O) groups is 2. The van der Waals surface area contributed by atoms with Crippen molar-refractivity contribution in [1.82, 2.24) is 24.9 Å². The Morgan fingerprint density at radius 3 is 2.32 bits per heavy atom. The highest BCUT2D eigenvalue weighted by Crippen LogP contribution is 2.31. The van der Waals surface area contributed by atoms with Crippen LogP contribution in [0, 0.1) is 25.7 Å². The number of nitrogens with zero attached hydrogens (tertiary/aromatic N) is 4. The molecule has 202 valence electrons. The number of benzene rings is 1. The molecule has 3 heterocycles. The van der Waals surface area contributed by atoms with E-state index in [2.05, 4.69) is 36.2 Å². The second kappa shape index (κ2) is 12.0. The molecule has 1 saturated carbocycles. The molecular weight excluding hydrogens is 486 g/mol. The number of likely N-dealkylation sites (tertiary alicyclic amines) is 1. The lowest BCUT2D eigenvalue weighted by Gasteiger charge is -2.44. The van der Waals surface area contributed by atoms with E-state index in [1.807, 2.05) is 29.9 Å². The van der Waals surface area contributed by atoms with E-state index in [1.165, 1.54) is 43.4 Å². The number of aromatic nitrogens is 2. The number of halogens is 1. The Morgan fingerprint density at radius 2 is 1.65 bits per heavy atom. The Bertz CT molecular complexity index is 1070. The Morgan fingerprint density at radius 1 is 0.973 bits per heavy atom. The summed E-state index contributed by atoms with van der Waals surface area (Å²) in [5.41, 5.74) is 4.62. The number of piperazine rings is 1. The minimum atomic E-state index is -0.341. The van der Waals surface area contributed by atoms with Gasteiger partial charge >= 0.3 is 0 Å². The molecule has 7 nitrogen and oxygen atoms in total. The number of para-hydroxylation sites is 1. The average Bonchev–Trinajstić information content (AvgIpc) is 3.17. The molecule has 2 aromatic rings. The van der Waals surface area contributed by atoms with Crippen molar-refractivity contribution in [2.24, 2.45) is 11.8 Å². The molecule has 2 atom stereocenters. The maximum Gasteiger partial charge on any atom is 0.245 e. The zero-order chi connectivity index (χ0) is 25.2. The fourth-order valence-corrected chi connectivity index (χ4v) is 6.70. The monoisotopic (exact) mass is 527 g/mol. The highest BCUT2D eigenvalue weighted by molar-refractivity contribution is 5.97. The maximum absolute atomic E-state index is 13.2. The number of hydrogen-bond donors (Lipinski definition) is 1. The lowest BCUT2D eigenvalue weighted by molar-refractivity contribution is -0.151. The molecule has 3 fully saturated rings. The highest BCUT2D eigenvalue weighted by atomic mass is 35.5. The van der Waals surface area contributed by atoms with Crippen molar-refractivity contribution in [1.29, 1.82) is 0 Å².